The summed E-state index contributed by atoms with van der Waals surface area (Å²) in [5.74, 6) is 0.679. The van der Waals surface area contributed by atoms with Crippen LogP contribution >= 0.6 is 0 Å². The third kappa shape index (κ3) is 13.5. The van der Waals surface area contributed by atoms with Crippen molar-refractivity contribution in [2.45, 2.75) is 64.7 Å². The Bertz CT molecular complexity index is 939. The van der Waals surface area contributed by atoms with Crippen molar-refractivity contribution in [1.29, 1.82) is 0 Å². The highest BCUT2D eigenvalue weighted by Gasteiger charge is 2.31. The minimum atomic E-state index is -0.248. The number of carbonyl (C=O) groups is 5. The average Bonchev–Trinajstić information content (AvgIpc) is 3.34. The summed E-state index contributed by atoms with van der Waals surface area (Å²) in [6.45, 7) is 6.55. The first kappa shape index (κ1) is 35.8. The summed E-state index contributed by atoms with van der Waals surface area (Å²) in [6, 6.07) is 0. The van der Waals surface area contributed by atoms with Gasteiger partial charge in [0.25, 0.3) is 11.8 Å². The summed E-state index contributed by atoms with van der Waals surface area (Å²) in [5.41, 5.74) is 0. The van der Waals surface area contributed by atoms with Gasteiger partial charge < -0.3 is 29.6 Å². The van der Waals surface area contributed by atoms with E-state index in [0.29, 0.717) is 84.8 Å². The van der Waals surface area contributed by atoms with Gasteiger partial charge in [-0.1, -0.05) is 0 Å². The highest BCUT2D eigenvalue weighted by atomic mass is 16.6. The summed E-state index contributed by atoms with van der Waals surface area (Å²) >= 11 is 0. The maximum absolute atomic E-state index is 12.4. The molecule has 1 aliphatic heterocycles. The molecule has 12 heteroatoms. The van der Waals surface area contributed by atoms with Crippen LogP contribution in [-0.4, -0.2) is 107 Å². The van der Waals surface area contributed by atoms with Crippen LogP contribution in [0.5, 0.6) is 0 Å². The van der Waals surface area contributed by atoms with Gasteiger partial charge in [0, 0.05) is 50.0 Å². The number of Topliss-reactive ketones (excluding diaryl/α,β-unsaturated/α-hetero) is 1. The van der Waals surface area contributed by atoms with Crippen LogP contribution in [0.1, 0.15) is 64.7 Å². The first-order chi connectivity index (χ1) is 21.3. The molecule has 2 saturated carbocycles. The first-order valence-corrected chi connectivity index (χ1v) is 16.2. The van der Waals surface area contributed by atoms with Crippen molar-refractivity contribution in [1.82, 2.24) is 15.5 Å². The highest BCUT2D eigenvalue weighted by molar-refractivity contribution is 6.12. The number of ether oxygens (including phenoxy) is 4. The van der Waals surface area contributed by atoms with E-state index in [9.17, 15) is 24.0 Å². The zero-order valence-electron chi connectivity index (χ0n) is 26.2. The number of hydrogen-bond donors (Lipinski definition) is 2. The molecular weight excluding hydrogens is 570 g/mol. The normalized spacial score (nSPS) is 23.6. The molecule has 0 atom stereocenters. The van der Waals surface area contributed by atoms with Crippen LogP contribution in [0, 0.1) is 23.7 Å². The lowest BCUT2D eigenvalue weighted by molar-refractivity contribution is -0.138. The molecule has 2 N–H and O–H groups in total. The van der Waals surface area contributed by atoms with E-state index in [4.69, 9.17) is 18.9 Å². The fraction of sp³-hybridized carbons (Fsp3) is 0.781. The van der Waals surface area contributed by atoms with Gasteiger partial charge in [-0.15, -0.1) is 0 Å². The lowest BCUT2D eigenvalue weighted by Crippen LogP contribution is -2.39. The summed E-state index contributed by atoms with van der Waals surface area (Å²) < 4.78 is 21.9. The van der Waals surface area contributed by atoms with Crippen molar-refractivity contribution < 1.29 is 42.9 Å². The Kier molecular flexibility index (Phi) is 16.6. The monoisotopic (exact) mass is 621 g/mol. The molecule has 2 fully saturated rings. The fourth-order valence-electron chi connectivity index (χ4n) is 5.91. The van der Waals surface area contributed by atoms with Gasteiger partial charge in [0.2, 0.25) is 11.8 Å². The Morgan fingerprint density at radius 3 is 1.75 bits per heavy atom. The molecule has 1 heterocycles. The van der Waals surface area contributed by atoms with E-state index >= 15 is 0 Å². The SMILES string of the molecule is CC(=O)C1CCC(CNC(=O)CCOCCOCCOCCOCCNC(=O)C2CCC(CN3C(=O)C=CC3=O)CC2)CC1. The number of nitrogens with one attached hydrogen (secondary N) is 2. The molecule has 3 aliphatic rings. The second kappa shape index (κ2) is 20.4. The van der Waals surface area contributed by atoms with Crippen molar-refractivity contribution in [2.75, 3.05) is 72.5 Å². The lowest BCUT2D eigenvalue weighted by atomic mass is 9.80. The van der Waals surface area contributed by atoms with E-state index < -0.39 is 0 Å². The Labute approximate surface area is 260 Å². The number of ketones is 1. The molecule has 0 aromatic carbocycles. The number of rotatable bonds is 21. The largest absolute Gasteiger partial charge is 0.379 e. The molecular formula is C32H51N3O9. The van der Waals surface area contributed by atoms with Crippen LogP contribution < -0.4 is 10.6 Å². The molecule has 0 bridgehead atoms. The van der Waals surface area contributed by atoms with Gasteiger partial charge in [0.15, 0.2) is 0 Å². The topological polar surface area (TPSA) is 150 Å². The molecule has 0 aromatic rings. The molecule has 248 valence electrons. The van der Waals surface area contributed by atoms with E-state index in [1.54, 1.807) is 6.92 Å². The zero-order chi connectivity index (χ0) is 31.6. The molecule has 4 amide bonds. The van der Waals surface area contributed by atoms with Crippen molar-refractivity contribution in [3.63, 3.8) is 0 Å². The molecule has 2 aliphatic carbocycles. The van der Waals surface area contributed by atoms with Gasteiger partial charge in [-0.25, -0.2) is 0 Å². The first-order valence-electron chi connectivity index (χ1n) is 16.2. The molecule has 12 nitrogen and oxygen atoms in total. The molecule has 0 aromatic heterocycles. The second-order valence-electron chi connectivity index (χ2n) is 12.0. The van der Waals surface area contributed by atoms with Crippen molar-refractivity contribution >= 4 is 29.4 Å². The van der Waals surface area contributed by atoms with E-state index in [0.717, 1.165) is 51.4 Å². The lowest BCUT2D eigenvalue weighted by Gasteiger charge is -2.30. The maximum atomic E-state index is 12.4. The van der Waals surface area contributed by atoms with Gasteiger partial charge >= 0.3 is 0 Å². The molecule has 0 radical (unpaired) electrons. The van der Waals surface area contributed by atoms with Gasteiger partial charge in [-0.3, -0.25) is 28.9 Å². The number of carbonyl (C=O) groups excluding carboxylic acids is 5. The summed E-state index contributed by atoms with van der Waals surface area (Å²) in [4.78, 5) is 60.6. The van der Waals surface area contributed by atoms with Crippen LogP contribution in [0.25, 0.3) is 0 Å². The quantitative estimate of drug-likeness (QED) is 0.145. The van der Waals surface area contributed by atoms with Gasteiger partial charge in [0.05, 0.1) is 52.9 Å². The summed E-state index contributed by atoms with van der Waals surface area (Å²) in [7, 11) is 0. The molecule has 3 rings (SSSR count). The van der Waals surface area contributed by atoms with Crippen LogP contribution in [0.4, 0.5) is 0 Å². The molecule has 0 unspecified atom stereocenters. The second-order valence-corrected chi connectivity index (χ2v) is 12.0. The van der Waals surface area contributed by atoms with E-state index in [-0.39, 0.29) is 47.2 Å². The van der Waals surface area contributed by atoms with Crippen LogP contribution in [-0.2, 0) is 42.9 Å². The Morgan fingerprint density at radius 2 is 1.18 bits per heavy atom. The summed E-state index contributed by atoms with van der Waals surface area (Å²) in [5, 5.41) is 5.90. The van der Waals surface area contributed by atoms with Gasteiger partial charge in [-0.05, 0) is 70.1 Å². The smallest absolute Gasteiger partial charge is 0.253 e. The Morgan fingerprint density at radius 1 is 0.682 bits per heavy atom. The number of amides is 4. The number of nitrogens with zero attached hydrogens (tertiary/aromatic N) is 1. The molecule has 0 saturated heterocycles. The highest BCUT2D eigenvalue weighted by Crippen LogP contribution is 2.30. The predicted molar refractivity (Wildman–Crippen MR) is 161 cm³/mol. The maximum Gasteiger partial charge on any atom is 0.253 e. The van der Waals surface area contributed by atoms with E-state index in [1.807, 2.05) is 0 Å². The molecule has 0 spiro atoms. The van der Waals surface area contributed by atoms with Crippen LogP contribution in [0.15, 0.2) is 12.2 Å². The predicted octanol–water partition coefficient (Wildman–Crippen LogP) is 1.80. The van der Waals surface area contributed by atoms with Crippen molar-refractivity contribution in [3.8, 4) is 0 Å². The third-order valence-electron chi connectivity index (χ3n) is 8.70. The third-order valence-corrected chi connectivity index (χ3v) is 8.70. The molecule has 44 heavy (non-hydrogen) atoms. The van der Waals surface area contributed by atoms with Crippen LogP contribution in [0.3, 0.4) is 0 Å². The Hall–Kier alpha value is -2.67. The zero-order valence-corrected chi connectivity index (χ0v) is 26.2. The van der Waals surface area contributed by atoms with Gasteiger partial charge in [-0.2, -0.15) is 0 Å². The summed E-state index contributed by atoms with van der Waals surface area (Å²) in [6.07, 6.45) is 9.95. The number of imide groups is 1. The number of hydrogen-bond acceptors (Lipinski definition) is 9. The van der Waals surface area contributed by atoms with Crippen molar-refractivity contribution in [3.05, 3.63) is 12.2 Å². The average molecular weight is 622 g/mol. The fourth-order valence-corrected chi connectivity index (χ4v) is 5.91. The minimum Gasteiger partial charge on any atom is -0.379 e. The van der Waals surface area contributed by atoms with Crippen LogP contribution in [0.2, 0.25) is 0 Å². The Balaban J connectivity index is 1.03. The van der Waals surface area contributed by atoms with E-state index in [2.05, 4.69) is 10.6 Å². The van der Waals surface area contributed by atoms with E-state index in [1.165, 1.54) is 17.1 Å². The standard InChI is InChI=1S/C32H51N3O9/c1-24(36)27-6-2-25(3-7-27)22-34-29(37)12-14-41-16-18-43-20-21-44-19-17-42-15-13-33-32(40)28-8-4-26(5-9-28)23-35-30(38)10-11-31(35)39/h10-11,25-28H,2-9,12-23H2,1H3,(H,33,40)(H,34,37). The van der Waals surface area contributed by atoms with Crippen molar-refractivity contribution in [2.24, 2.45) is 23.7 Å². The minimum absolute atomic E-state index is 0.0117. The van der Waals surface area contributed by atoms with Gasteiger partial charge in [0.1, 0.15) is 5.78 Å².